The summed E-state index contributed by atoms with van der Waals surface area (Å²) in [6, 6.07) is 8.25. The Balaban J connectivity index is 1.85. The van der Waals surface area contributed by atoms with Crippen molar-refractivity contribution in [3.8, 4) is 0 Å². The standard InChI is InChI=1S/C22H34O4/c1-16-9-8-10-17(13-16)19-22(23,21(4,5)15-26-19)20(2,3)14-25-18-11-6-7-12-24-18/h8-10,13,18-19,23H,6-7,11-12,14-15H2,1-5H3/t18?,19-,22-/m0/s1. The van der Waals surface area contributed by atoms with Gasteiger partial charge in [0, 0.05) is 17.4 Å². The third kappa shape index (κ3) is 3.45. The fourth-order valence-corrected chi connectivity index (χ4v) is 4.57. The fraction of sp³-hybridized carbons (Fsp3) is 0.727. The summed E-state index contributed by atoms with van der Waals surface area (Å²) in [6.07, 6.45) is 2.63. The van der Waals surface area contributed by atoms with E-state index < -0.39 is 11.0 Å². The van der Waals surface area contributed by atoms with Gasteiger partial charge in [0.25, 0.3) is 0 Å². The van der Waals surface area contributed by atoms with E-state index in [0.717, 1.165) is 31.4 Å². The van der Waals surface area contributed by atoms with E-state index in [1.54, 1.807) is 0 Å². The molecule has 4 heteroatoms. The zero-order valence-electron chi connectivity index (χ0n) is 16.9. The maximum atomic E-state index is 12.0. The van der Waals surface area contributed by atoms with Crippen molar-refractivity contribution in [3.05, 3.63) is 35.4 Å². The molecule has 1 aromatic rings. The van der Waals surface area contributed by atoms with Gasteiger partial charge in [0.15, 0.2) is 6.29 Å². The number of ether oxygens (including phenoxy) is 3. The molecule has 0 radical (unpaired) electrons. The molecule has 2 aliphatic rings. The summed E-state index contributed by atoms with van der Waals surface area (Å²) in [4.78, 5) is 0. The van der Waals surface area contributed by atoms with Crippen molar-refractivity contribution in [2.45, 2.75) is 71.9 Å². The van der Waals surface area contributed by atoms with Gasteiger partial charge in [-0.15, -0.1) is 0 Å². The molecule has 4 nitrogen and oxygen atoms in total. The maximum Gasteiger partial charge on any atom is 0.157 e. The van der Waals surface area contributed by atoms with Gasteiger partial charge in [-0.05, 0) is 31.7 Å². The van der Waals surface area contributed by atoms with Crippen LogP contribution in [0.25, 0.3) is 0 Å². The highest BCUT2D eigenvalue weighted by atomic mass is 16.7. The van der Waals surface area contributed by atoms with Crippen LogP contribution >= 0.6 is 0 Å². The van der Waals surface area contributed by atoms with Gasteiger partial charge in [0.05, 0.1) is 13.2 Å². The van der Waals surface area contributed by atoms with E-state index >= 15 is 0 Å². The summed E-state index contributed by atoms with van der Waals surface area (Å²) in [7, 11) is 0. The maximum absolute atomic E-state index is 12.0. The summed E-state index contributed by atoms with van der Waals surface area (Å²) in [5.74, 6) is 0. The molecule has 2 fully saturated rings. The van der Waals surface area contributed by atoms with Crippen LogP contribution in [0.15, 0.2) is 24.3 Å². The number of aryl methyl sites for hydroxylation is 1. The number of hydrogen-bond donors (Lipinski definition) is 1. The average Bonchev–Trinajstić information content (AvgIpc) is 2.85. The van der Waals surface area contributed by atoms with Gasteiger partial charge in [0.1, 0.15) is 11.7 Å². The van der Waals surface area contributed by atoms with Crippen LogP contribution in [0, 0.1) is 17.8 Å². The van der Waals surface area contributed by atoms with Crippen LogP contribution in [0.4, 0.5) is 0 Å². The van der Waals surface area contributed by atoms with E-state index in [1.165, 1.54) is 5.56 Å². The smallest absolute Gasteiger partial charge is 0.157 e. The molecular formula is C22H34O4. The lowest BCUT2D eigenvalue weighted by molar-refractivity contribution is -0.221. The molecule has 1 N–H and O–H groups in total. The minimum Gasteiger partial charge on any atom is -0.385 e. The van der Waals surface area contributed by atoms with Gasteiger partial charge in [-0.3, -0.25) is 0 Å². The van der Waals surface area contributed by atoms with Gasteiger partial charge in [-0.2, -0.15) is 0 Å². The molecule has 2 heterocycles. The van der Waals surface area contributed by atoms with Gasteiger partial charge in [-0.25, -0.2) is 0 Å². The highest BCUT2D eigenvalue weighted by molar-refractivity contribution is 5.30. The minimum atomic E-state index is -1.05. The Labute approximate surface area is 157 Å². The monoisotopic (exact) mass is 362 g/mol. The number of benzene rings is 1. The first-order valence-electron chi connectivity index (χ1n) is 9.81. The Kier molecular flexibility index (Phi) is 5.51. The predicted octanol–water partition coefficient (Wildman–Crippen LogP) is 4.39. The van der Waals surface area contributed by atoms with Crippen LogP contribution < -0.4 is 0 Å². The molecule has 0 amide bonds. The molecule has 3 rings (SSSR count). The number of hydrogen-bond acceptors (Lipinski definition) is 4. The molecule has 0 aromatic heterocycles. The van der Waals surface area contributed by atoms with Crippen molar-refractivity contribution in [2.24, 2.45) is 10.8 Å². The van der Waals surface area contributed by atoms with E-state index in [-0.39, 0.29) is 17.8 Å². The van der Waals surface area contributed by atoms with Crippen LogP contribution in [-0.4, -0.2) is 36.8 Å². The first-order chi connectivity index (χ1) is 12.2. The second-order valence-corrected chi connectivity index (χ2v) is 9.25. The quantitative estimate of drug-likeness (QED) is 0.844. The van der Waals surface area contributed by atoms with Gasteiger partial charge >= 0.3 is 0 Å². The highest BCUT2D eigenvalue weighted by Crippen LogP contribution is 2.57. The van der Waals surface area contributed by atoms with Crippen molar-refractivity contribution >= 4 is 0 Å². The topological polar surface area (TPSA) is 47.9 Å². The SMILES string of the molecule is Cc1cccc([C@@H]2OCC(C)(C)[C@@]2(O)C(C)(C)COC2CCCCO2)c1. The molecule has 0 spiro atoms. The van der Waals surface area contributed by atoms with Crippen molar-refractivity contribution in [2.75, 3.05) is 19.8 Å². The number of rotatable bonds is 5. The molecule has 0 aliphatic carbocycles. The normalized spacial score (nSPS) is 31.9. The Hall–Kier alpha value is -0.940. The lowest BCUT2D eigenvalue weighted by Gasteiger charge is -2.50. The Morgan fingerprint density at radius 3 is 2.65 bits per heavy atom. The number of aliphatic hydroxyl groups is 1. The molecule has 1 unspecified atom stereocenters. The van der Waals surface area contributed by atoms with Crippen LogP contribution in [-0.2, 0) is 14.2 Å². The van der Waals surface area contributed by atoms with E-state index in [0.29, 0.717) is 13.2 Å². The third-order valence-electron chi connectivity index (χ3n) is 6.17. The van der Waals surface area contributed by atoms with Gasteiger partial charge < -0.3 is 19.3 Å². The Morgan fingerprint density at radius 2 is 2.00 bits per heavy atom. The first kappa shape index (κ1) is 19.8. The fourth-order valence-electron chi connectivity index (χ4n) is 4.57. The van der Waals surface area contributed by atoms with E-state index in [4.69, 9.17) is 14.2 Å². The zero-order chi connectivity index (χ0) is 19.0. The molecule has 0 saturated carbocycles. The second kappa shape index (κ2) is 7.23. The summed E-state index contributed by atoms with van der Waals surface area (Å²) in [5, 5.41) is 12.0. The van der Waals surface area contributed by atoms with Gasteiger partial charge in [0.2, 0.25) is 0 Å². The van der Waals surface area contributed by atoms with Crippen molar-refractivity contribution < 1.29 is 19.3 Å². The molecule has 0 bridgehead atoms. The molecule has 2 aliphatic heterocycles. The van der Waals surface area contributed by atoms with Gasteiger partial charge in [-0.1, -0.05) is 57.5 Å². The summed E-state index contributed by atoms with van der Waals surface area (Å²) in [6.45, 7) is 12.1. The van der Waals surface area contributed by atoms with Crippen molar-refractivity contribution in [3.63, 3.8) is 0 Å². The Morgan fingerprint density at radius 1 is 1.23 bits per heavy atom. The summed E-state index contributed by atoms with van der Waals surface area (Å²) in [5.41, 5.74) is 0.259. The molecule has 26 heavy (non-hydrogen) atoms. The highest BCUT2D eigenvalue weighted by Gasteiger charge is 2.63. The average molecular weight is 363 g/mol. The lowest BCUT2D eigenvalue weighted by atomic mass is 9.59. The largest absolute Gasteiger partial charge is 0.385 e. The van der Waals surface area contributed by atoms with Crippen LogP contribution in [0.2, 0.25) is 0 Å². The molecular weight excluding hydrogens is 328 g/mol. The van der Waals surface area contributed by atoms with Crippen LogP contribution in [0.3, 0.4) is 0 Å². The van der Waals surface area contributed by atoms with Crippen molar-refractivity contribution in [1.29, 1.82) is 0 Å². The minimum absolute atomic E-state index is 0.158. The third-order valence-corrected chi connectivity index (χ3v) is 6.17. The second-order valence-electron chi connectivity index (χ2n) is 9.25. The Bertz CT molecular complexity index is 618. The first-order valence-corrected chi connectivity index (χ1v) is 9.81. The molecule has 146 valence electrons. The van der Waals surface area contributed by atoms with E-state index in [9.17, 15) is 5.11 Å². The lowest BCUT2D eigenvalue weighted by Crippen LogP contribution is -2.58. The predicted molar refractivity (Wildman–Crippen MR) is 102 cm³/mol. The van der Waals surface area contributed by atoms with E-state index in [1.807, 2.05) is 12.1 Å². The summed E-state index contributed by atoms with van der Waals surface area (Å²) >= 11 is 0. The summed E-state index contributed by atoms with van der Waals surface area (Å²) < 4.78 is 18.0. The van der Waals surface area contributed by atoms with Crippen molar-refractivity contribution in [1.82, 2.24) is 0 Å². The van der Waals surface area contributed by atoms with E-state index in [2.05, 4.69) is 46.8 Å². The van der Waals surface area contributed by atoms with Crippen LogP contribution in [0.1, 0.15) is 64.2 Å². The van der Waals surface area contributed by atoms with Crippen LogP contribution in [0.5, 0.6) is 0 Å². The molecule has 3 atom stereocenters. The molecule has 1 aromatic carbocycles. The zero-order valence-corrected chi connectivity index (χ0v) is 16.9. The molecule has 2 saturated heterocycles.